The van der Waals surface area contributed by atoms with E-state index >= 15 is 0 Å². The molecule has 0 aliphatic carbocycles. The molecule has 1 heterocycles. The number of nitro groups is 1. The SMILES string of the molecule is COc1cc([N+](=O)[O-])ccc1NC(=O)N1CCC[C@H](C)C1. The van der Waals surface area contributed by atoms with Gasteiger partial charge in [-0.25, -0.2) is 4.79 Å². The number of carbonyl (C=O) groups excluding carboxylic acids is 1. The van der Waals surface area contributed by atoms with Crippen molar-refractivity contribution in [2.75, 3.05) is 25.5 Å². The van der Waals surface area contributed by atoms with Crippen molar-refractivity contribution < 1.29 is 14.5 Å². The molecule has 1 N–H and O–H groups in total. The van der Waals surface area contributed by atoms with Crippen LogP contribution in [-0.4, -0.2) is 36.1 Å². The van der Waals surface area contributed by atoms with Gasteiger partial charge in [0.2, 0.25) is 0 Å². The predicted molar refractivity (Wildman–Crippen MR) is 78.6 cm³/mol. The van der Waals surface area contributed by atoms with E-state index in [9.17, 15) is 14.9 Å². The van der Waals surface area contributed by atoms with E-state index in [0.29, 0.717) is 11.6 Å². The number of ether oxygens (including phenoxy) is 1. The average Bonchev–Trinajstić information content (AvgIpc) is 2.47. The van der Waals surface area contributed by atoms with Crippen LogP contribution in [-0.2, 0) is 0 Å². The standard InChI is InChI=1S/C14H19N3O4/c1-10-4-3-7-16(9-10)14(18)15-12-6-5-11(17(19)20)8-13(12)21-2/h5-6,8,10H,3-4,7,9H2,1-2H3,(H,15,18)/t10-/m0/s1. The summed E-state index contributed by atoms with van der Waals surface area (Å²) in [6.45, 7) is 3.57. The van der Waals surface area contributed by atoms with E-state index in [1.54, 1.807) is 4.90 Å². The monoisotopic (exact) mass is 293 g/mol. The van der Waals surface area contributed by atoms with Crippen LogP contribution in [0.15, 0.2) is 18.2 Å². The highest BCUT2D eigenvalue weighted by molar-refractivity contribution is 5.91. The van der Waals surface area contributed by atoms with Gasteiger partial charge in [-0.05, 0) is 24.8 Å². The first-order valence-electron chi connectivity index (χ1n) is 6.89. The Morgan fingerprint density at radius 2 is 2.29 bits per heavy atom. The Balaban J connectivity index is 2.11. The Morgan fingerprint density at radius 3 is 2.90 bits per heavy atom. The maximum absolute atomic E-state index is 12.2. The fraction of sp³-hybridized carbons (Fsp3) is 0.500. The second kappa shape index (κ2) is 6.43. The molecule has 7 nitrogen and oxygen atoms in total. The molecule has 0 spiro atoms. The van der Waals surface area contributed by atoms with Gasteiger partial charge >= 0.3 is 6.03 Å². The second-order valence-electron chi connectivity index (χ2n) is 5.27. The third-order valence-electron chi connectivity index (χ3n) is 3.58. The number of nitro benzene ring substituents is 1. The van der Waals surface area contributed by atoms with Crippen LogP contribution in [0.2, 0.25) is 0 Å². The van der Waals surface area contributed by atoms with Crippen molar-refractivity contribution in [3.05, 3.63) is 28.3 Å². The lowest BCUT2D eigenvalue weighted by Gasteiger charge is -2.31. The van der Waals surface area contributed by atoms with Gasteiger partial charge in [0.25, 0.3) is 5.69 Å². The molecule has 114 valence electrons. The van der Waals surface area contributed by atoms with Gasteiger partial charge in [0.05, 0.1) is 23.8 Å². The number of hydrogen-bond donors (Lipinski definition) is 1. The molecular formula is C14H19N3O4. The molecule has 1 saturated heterocycles. The van der Waals surface area contributed by atoms with Crippen molar-refractivity contribution in [1.29, 1.82) is 0 Å². The number of methoxy groups -OCH3 is 1. The Morgan fingerprint density at radius 1 is 1.52 bits per heavy atom. The van der Waals surface area contributed by atoms with Gasteiger partial charge < -0.3 is 15.0 Å². The van der Waals surface area contributed by atoms with E-state index in [2.05, 4.69) is 12.2 Å². The molecule has 0 bridgehead atoms. The number of urea groups is 1. The van der Waals surface area contributed by atoms with Crippen LogP contribution >= 0.6 is 0 Å². The van der Waals surface area contributed by atoms with Crippen molar-refractivity contribution in [1.82, 2.24) is 4.90 Å². The quantitative estimate of drug-likeness (QED) is 0.686. The molecule has 2 rings (SSSR count). The van der Waals surface area contributed by atoms with Gasteiger partial charge in [0, 0.05) is 19.2 Å². The van der Waals surface area contributed by atoms with Gasteiger partial charge in [-0.15, -0.1) is 0 Å². The third-order valence-corrected chi connectivity index (χ3v) is 3.58. The minimum Gasteiger partial charge on any atom is -0.494 e. The number of benzene rings is 1. The highest BCUT2D eigenvalue weighted by Gasteiger charge is 2.22. The van der Waals surface area contributed by atoms with Crippen molar-refractivity contribution in [3.8, 4) is 5.75 Å². The molecule has 0 aromatic heterocycles. The Bertz CT molecular complexity index is 547. The maximum atomic E-state index is 12.2. The molecule has 21 heavy (non-hydrogen) atoms. The highest BCUT2D eigenvalue weighted by Crippen LogP contribution is 2.29. The highest BCUT2D eigenvalue weighted by atomic mass is 16.6. The van der Waals surface area contributed by atoms with E-state index in [-0.39, 0.29) is 17.5 Å². The largest absolute Gasteiger partial charge is 0.494 e. The summed E-state index contributed by atoms with van der Waals surface area (Å²) in [4.78, 5) is 24.2. The van der Waals surface area contributed by atoms with Gasteiger partial charge in [-0.2, -0.15) is 0 Å². The number of piperidine rings is 1. The molecule has 0 radical (unpaired) electrons. The lowest BCUT2D eigenvalue weighted by atomic mass is 10.0. The number of hydrogen-bond acceptors (Lipinski definition) is 4. The minimum atomic E-state index is -0.500. The molecule has 7 heteroatoms. The number of rotatable bonds is 3. The Labute approximate surface area is 123 Å². The van der Waals surface area contributed by atoms with Gasteiger partial charge in [-0.3, -0.25) is 10.1 Å². The summed E-state index contributed by atoms with van der Waals surface area (Å²) in [7, 11) is 1.41. The molecule has 0 unspecified atom stereocenters. The van der Waals surface area contributed by atoms with Crippen LogP contribution in [0.3, 0.4) is 0 Å². The number of non-ortho nitro benzene ring substituents is 1. The molecule has 0 saturated carbocycles. The molecule has 1 aromatic carbocycles. The fourth-order valence-corrected chi connectivity index (χ4v) is 2.46. The van der Waals surface area contributed by atoms with Gasteiger partial charge in [0.1, 0.15) is 5.75 Å². The first-order chi connectivity index (χ1) is 10.0. The van der Waals surface area contributed by atoms with Crippen LogP contribution < -0.4 is 10.1 Å². The van der Waals surface area contributed by atoms with Gasteiger partial charge in [0.15, 0.2) is 0 Å². The maximum Gasteiger partial charge on any atom is 0.321 e. The van der Waals surface area contributed by atoms with Crippen molar-refractivity contribution in [2.24, 2.45) is 5.92 Å². The fourth-order valence-electron chi connectivity index (χ4n) is 2.46. The summed E-state index contributed by atoms with van der Waals surface area (Å²) in [6, 6.07) is 3.93. The smallest absolute Gasteiger partial charge is 0.321 e. The van der Waals surface area contributed by atoms with Crippen LogP contribution in [0, 0.1) is 16.0 Å². The predicted octanol–water partition coefficient (Wildman–Crippen LogP) is 2.87. The molecule has 1 fully saturated rings. The summed E-state index contributed by atoms with van der Waals surface area (Å²) >= 11 is 0. The van der Waals surface area contributed by atoms with E-state index < -0.39 is 4.92 Å². The molecule has 2 amide bonds. The van der Waals surface area contributed by atoms with Crippen molar-refractivity contribution in [3.63, 3.8) is 0 Å². The zero-order valence-electron chi connectivity index (χ0n) is 12.2. The first-order valence-corrected chi connectivity index (χ1v) is 6.89. The van der Waals surface area contributed by atoms with Crippen LogP contribution in [0.25, 0.3) is 0 Å². The Hall–Kier alpha value is -2.31. The molecule has 1 atom stereocenters. The molecular weight excluding hydrogens is 274 g/mol. The van der Waals surface area contributed by atoms with E-state index in [1.165, 1.54) is 25.3 Å². The zero-order chi connectivity index (χ0) is 15.4. The number of likely N-dealkylation sites (tertiary alicyclic amines) is 1. The van der Waals surface area contributed by atoms with Crippen molar-refractivity contribution >= 4 is 17.4 Å². The van der Waals surface area contributed by atoms with E-state index in [4.69, 9.17) is 4.74 Å². The normalized spacial score (nSPS) is 18.2. The Kier molecular flexibility index (Phi) is 4.62. The van der Waals surface area contributed by atoms with Crippen LogP contribution in [0.5, 0.6) is 5.75 Å². The van der Waals surface area contributed by atoms with Crippen LogP contribution in [0.4, 0.5) is 16.2 Å². The minimum absolute atomic E-state index is 0.0727. The number of nitrogens with one attached hydrogen (secondary N) is 1. The van der Waals surface area contributed by atoms with E-state index in [1.807, 2.05) is 0 Å². The average molecular weight is 293 g/mol. The van der Waals surface area contributed by atoms with Gasteiger partial charge in [-0.1, -0.05) is 6.92 Å². The molecule has 1 aliphatic heterocycles. The lowest BCUT2D eigenvalue weighted by molar-refractivity contribution is -0.384. The summed E-state index contributed by atoms with van der Waals surface area (Å²) in [5.41, 5.74) is 0.364. The van der Waals surface area contributed by atoms with Crippen molar-refractivity contribution in [2.45, 2.75) is 19.8 Å². The summed E-state index contributed by atoms with van der Waals surface area (Å²) in [6.07, 6.45) is 2.12. The second-order valence-corrected chi connectivity index (χ2v) is 5.27. The first kappa shape index (κ1) is 15.1. The zero-order valence-corrected chi connectivity index (χ0v) is 12.2. The third kappa shape index (κ3) is 3.62. The number of anilines is 1. The molecule has 1 aliphatic rings. The molecule has 1 aromatic rings. The van der Waals surface area contributed by atoms with E-state index in [0.717, 1.165) is 25.9 Å². The topological polar surface area (TPSA) is 84.7 Å². The lowest BCUT2D eigenvalue weighted by Crippen LogP contribution is -2.41. The number of amides is 2. The summed E-state index contributed by atoms with van der Waals surface area (Å²) < 4.78 is 5.11. The number of nitrogens with zero attached hydrogens (tertiary/aromatic N) is 2. The summed E-state index contributed by atoms with van der Waals surface area (Å²) in [5.74, 6) is 0.769. The number of carbonyl (C=O) groups is 1. The summed E-state index contributed by atoms with van der Waals surface area (Å²) in [5, 5.41) is 13.5. The van der Waals surface area contributed by atoms with Crippen LogP contribution in [0.1, 0.15) is 19.8 Å².